The van der Waals surface area contributed by atoms with E-state index in [1.807, 2.05) is 5.38 Å². The average Bonchev–Trinajstić information content (AvgIpc) is 2.78. The zero-order valence-electron chi connectivity index (χ0n) is 8.77. The molecule has 1 aromatic heterocycles. The molecular weight excluding hydrogens is 262 g/mol. The Balaban J connectivity index is 2.01. The second-order valence-corrected chi connectivity index (χ2v) is 5.54. The van der Waals surface area contributed by atoms with E-state index in [0.717, 1.165) is 10.4 Å². The number of halogens is 2. The van der Waals surface area contributed by atoms with E-state index in [-0.39, 0.29) is 0 Å². The van der Waals surface area contributed by atoms with Crippen LogP contribution in [0.2, 0.25) is 0 Å². The van der Waals surface area contributed by atoms with Crippen molar-refractivity contribution in [2.24, 2.45) is 5.73 Å². The quantitative estimate of drug-likeness (QED) is 0.869. The van der Waals surface area contributed by atoms with E-state index in [0.29, 0.717) is 11.3 Å². The summed E-state index contributed by atoms with van der Waals surface area (Å²) in [6, 6.07) is 2.98. The first-order valence-corrected chi connectivity index (χ1v) is 6.76. The smallest absolute Gasteiger partial charge is 0.149 e. The number of aromatic nitrogens is 1. The van der Waals surface area contributed by atoms with Crippen molar-refractivity contribution in [3.63, 3.8) is 0 Å². The summed E-state index contributed by atoms with van der Waals surface area (Å²) in [5.41, 5.74) is 6.19. The Morgan fingerprint density at radius 1 is 1.41 bits per heavy atom. The van der Waals surface area contributed by atoms with E-state index in [9.17, 15) is 8.78 Å². The van der Waals surface area contributed by atoms with E-state index in [1.54, 1.807) is 6.20 Å². The van der Waals surface area contributed by atoms with Crippen molar-refractivity contribution in [3.8, 4) is 0 Å². The maximum Gasteiger partial charge on any atom is 0.149 e. The van der Waals surface area contributed by atoms with Crippen LogP contribution in [-0.2, 0) is 0 Å². The second-order valence-electron chi connectivity index (χ2n) is 3.38. The summed E-state index contributed by atoms with van der Waals surface area (Å²) in [7, 11) is 0. The minimum atomic E-state index is -0.600. The van der Waals surface area contributed by atoms with Gasteiger partial charge in [0.25, 0.3) is 0 Å². The predicted octanol–water partition coefficient (Wildman–Crippen LogP) is 3.21. The van der Waals surface area contributed by atoms with Crippen LogP contribution >= 0.6 is 23.1 Å². The lowest BCUT2D eigenvalue weighted by Gasteiger charge is -2.11. The molecule has 2 aromatic rings. The van der Waals surface area contributed by atoms with Crippen LogP contribution in [0.15, 0.2) is 34.1 Å². The van der Waals surface area contributed by atoms with Gasteiger partial charge >= 0.3 is 0 Å². The molecule has 2 N–H and O–H groups in total. The molecule has 1 atom stereocenters. The van der Waals surface area contributed by atoms with Crippen LogP contribution in [0, 0.1) is 11.6 Å². The highest BCUT2D eigenvalue weighted by Crippen LogP contribution is 2.26. The normalized spacial score (nSPS) is 12.6. The Bertz CT molecular complexity index is 488. The average molecular weight is 272 g/mol. The van der Waals surface area contributed by atoms with E-state index in [2.05, 4.69) is 4.98 Å². The Hall–Kier alpha value is -0.980. The maximum atomic E-state index is 13.4. The third-order valence-electron chi connectivity index (χ3n) is 2.16. The van der Waals surface area contributed by atoms with Crippen LogP contribution < -0.4 is 5.73 Å². The van der Waals surface area contributed by atoms with Gasteiger partial charge in [-0.3, -0.25) is 0 Å². The summed E-state index contributed by atoms with van der Waals surface area (Å²) in [5.74, 6) is -0.681. The maximum absolute atomic E-state index is 13.4. The topological polar surface area (TPSA) is 38.9 Å². The predicted molar refractivity (Wildman–Crippen MR) is 66.1 cm³/mol. The van der Waals surface area contributed by atoms with E-state index >= 15 is 0 Å². The molecule has 2 nitrogen and oxygen atoms in total. The molecule has 1 unspecified atom stereocenters. The van der Waals surface area contributed by atoms with Crippen LogP contribution in [0.4, 0.5) is 8.78 Å². The van der Waals surface area contributed by atoms with Gasteiger partial charge in [0, 0.05) is 35.0 Å². The lowest BCUT2D eigenvalue weighted by molar-refractivity contribution is 0.563. The lowest BCUT2D eigenvalue weighted by atomic mass is 10.1. The van der Waals surface area contributed by atoms with E-state index in [1.165, 1.54) is 35.2 Å². The summed E-state index contributed by atoms with van der Waals surface area (Å²) >= 11 is 2.97. The molecule has 0 saturated carbocycles. The first kappa shape index (κ1) is 12.5. The number of nitrogens with two attached hydrogens (primary N) is 1. The van der Waals surface area contributed by atoms with Crippen molar-refractivity contribution >= 4 is 23.1 Å². The van der Waals surface area contributed by atoms with E-state index in [4.69, 9.17) is 5.73 Å². The Morgan fingerprint density at radius 2 is 2.24 bits per heavy atom. The van der Waals surface area contributed by atoms with Gasteiger partial charge in [0.1, 0.15) is 16.0 Å². The van der Waals surface area contributed by atoms with Gasteiger partial charge in [0.05, 0.1) is 0 Å². The fraction of sp³-hybridized carbons (Fsp3) is 0.182. The summed E-state index contributed by atoms with van der Waals surface area (Å²) in [5, 5.41) is 1.87. The van der Waals surface area contributed by atoms with Gasteiger partial charge in [0.2, 0.25) is 0 Å². The van der Waals surface area contributed by atoms with Crippen LogP contribution in [0.3, 0.4) is 0 Å². The number of thioether (sulfide) groups is 1. The number of hydrogen-bond donors (Lipinski definition) is 1. The monoisotopic (exact) mass is 272 g/mol. The van der Waals surface area contributed by atoms with Crippen molar-refractivity contribution in [1.82, 2.24) is 4.98 Å². The summed E-state index contributed by atoms with van der Waals surface area (Å²) < 4.78 is 27.0. The van der Waals surface area contributed by atoms with Gasteiger partial charge in [-0.05, 0) is 6.07 Å². The molecule has 0 aliphatic heterocycles. The second kappa shape index (κ2) is 5.57. The number of thiazole rings is 1. The molecule has 0 saturated heterocycles. The molecule has 0 spiro atoms. The van der Waals surface area contributed by atoms with Crippen LogP contribution in [0.1, 0.15) is 11.6 Å². The standard InChI is InChI=1S/C11H10F2N2S2/c12-7-1-2-8(9(13)5-7)10(14)6-17-11-15-3-4-16-11/h1-5,10H,6,14H2. The Morgan fingerprint density at radius 3 is 2.88 bits per heavy atom. The van der Waals surface area contributed by atoms with Crippen LogP contribution in [-0.4, -0.2) is 10.7 Å². The van der Waals surface area contributed by atoms with Crippen molar-refractivity contribution in [2.45, 2.75) is 10.4 Å². The minimum absolute atomic E-state index is 0.329. The van der Waals surface area contributed by atoms with Crippen molar-refractivity contribution in [1.29, 1.82) is 0 Å². The highest BCUT2D eigenvalue weighted by atomic mass is 32.2. The Labute approximate surface area is 106 Å². The first-order valence-electron chi connectivity index (χ1n) is 4.89. The minimum Gasteiger partial charge on any atom is -0.323 e. The Kier molecular flexibility index (Phi) is 4.09. The molecule has 0 bridgehead atoms. The zero-order chi connectivity index (χ0) is 12.3. The number of nitrogens with zero attached hydrogens (tertiary/aromatic N) is 1. The van der Waals surface area contributed by atoms with Gasteiger partial charge in [0.15, 0.2) is 0 Å². The molecular formula is C11H10F2N2S2. The highest BCUT2D eigenvalue weighted by molar-refractivity contribution is 8.01. The number of rotatable bonds is 4. The summed E-state index contributed by atoms with van der Waals surface area (Å²) in [4.78, 5) is 4.09. The number of hydrogen-bond acceptors (Lipinski definition) is 4. The summed E-state index contributed by atoms with van der Waals surface area (Å²) in [6.45, 7) is 0. The third-order valence-corrected chi connectivity index (χ3v) is 4.24. The fourth-order valence-corrected chi connectivity index (χ4v) is 2.97. The van der Waals surface area contributed by atoms with Crippen LogP contribution in [0.25, 0.3) is 0 Å². The van der Waals surface area contributed by atoms with E-state index < -0.39 is 17.7 Å². The van der Waals surface area contributed by atoms with Gasteiger partial charge < -0.3 is 5.73 Å². The molecule has 0 aliphatic rings. The molecule has 0 radical (unpaired) electrons. The molecule has 0 fully saturated rings. The largest absolute Gasteiger partial charge is 0.323 e. The molecule has 6 heteroatoms. The number of benzene rings is 1. The van der Waals surface area contributed by atoms with Gasteiger partial charge in [-0.1, -0.05) is 17.8 Å². The fourth-order valence-electron chi connectivity index (χ4n) is 1.33. The molecule has 0 aliphatic carbocycles. The molecule has 0 amide bonds. The van der Waals surface area contributed by atoms with Crippen molar-refractivity contribution in [3.05, 3.63) is 47.0 Å². The molecule has 2 rings (SSSR count). The van der Waals surface area contributed by atoms with Gasteiger partial charge in [-0.15, -0.1) is 11.3 Å². The SMILES string of the molecule is NC(CSc1nccs1)c1ccc(F)cc1F. The summed E-state index contributed by atoms with van der Waals surface area (Å²) in [6.07, 6.45) is 1.71. The molecule has 1 heterocycles. The third kappa shape index (κ3) is 3.24. The van der Waals surface area contributed by atoms with Gasteiger partial charge in [-0.25, -0.2) is 13.8 Å². The van der Waals surface area contributed by atoms with Crippen molar-refractivity contribution < 1.29 is 8.78 Å². The zero-order valence-corrected chi connectivity index (χ0v) is 10.4. The van der Waals surface area contributed by atoms with Gasteiger partial charge in [-0.2, -0.15) is 0 Å². The van der Waals surface area contributed by atoms with Crippen molar-refractivity contribution in [2.75, 3.05) is 5.75 Å². The first-order chi connectivity index (χ1) is 8.16. The van der Waals surface area contributed by atoms with Crippen LogP contribution in [0.5, 0.6) is 0 Å². The highest BCUT2D eigenvalue weighted by Gasteiger charge is 2.13. The molecule has 90 valence electrons. The molecule has 1 aromatic carbocycles. The molecule has 17 heavy (non-hydrogen) atoms. The lowest BCUT2D eigenvalue weighted by Crippen LogP contribution is -2.14.